The van der Waals surface area contributed by atoms with Gasteiger partial charge in [-0.15, -0.1) is 0 Å². The van der Waals surface area contributed by atoms with E-state index in [-0.39, 0.29) is 11.4 Å². The van der Waals surface area contributed by atoms with Crippen LogP contribution >= 0.6 is 11.6 Å². The highest BCUT2D eigenvalue weighted by atomic mass is 35.5. The molecule has 1 aliphatic rings. The third kappa shape index (κ3) is 3.99. The molecule has 1 saturated heterocycles. The minimum Gasteiger partial charge on any atom is -0.494 e. The second-order valence-electron chi connectivity index (χ2n) is 8.11. The summed E-state index contributed by atoms with van der Waals surface area (Å²) >= 11 is 6.01. The van der Waals surface area contributed by atoms with Crippen molar-refractivity contribution in [3.63, 3.8) is 0 Å². The summed E-state index contributed by atoms with van der Waals surface area (Å²) in [6.45, 7) is 4.80. The smallest absolute Gasteiger partial charge is 0.266 e. The standard InChI is InChI=1S/C24H25ClN4O3/c25-18-8-6-17(7-9-18)16-19-22(30)28(11-3-10-27-12-14-32-15-13-27)24-26-20-4-1-2-5-21(20)29(24)23(19)31/h1-2,4-9,30H,3,10-16H2. The van der Waals surface area contributed by atoms with E-state index in [0.29, 0.717) is 29.3 Å². The van der Waals surface area contributed by atoms with E-state index in [1.54, 1.807) is 21.1 Å². The molecule has 7 nitrogen and oxygen atoms in total. The van der Waals surface area contributed by atoms with Gasteiger partial charge in [-0.05, 0) is 36.2 Å². The molecule has 4 aromatic rings. The van der Waals surface area contributed by atoms with Crippen molar-refractivity contribution in [2.24, 2.45) is 0 Å². The minimum absolute atomic E-state index is 0.0188. The first-order chi connectivity index (χ1) is 15.6. The average molecular weight is 453 g/mol. The number of rotatable bonds is 6. The maximum Gasteiger partial charge on any atom is 0.266 e. The number of fused-ring (bicyclic) bond motifs is 3. The largest absolute Gasteiger partial charge is 0.494 e. The molecular weight excluding hydrogens is 428 g/mol. The van der Waals surface area contributed by atoms with Crippen molar-refractivity contribution < 1.29 is 9.84 Å². The zero-order valence-corrected chi connectivity index (χ0v) is 18.5. The van der Waals surface area contributed by atoms with Gasteiger partial charge in [-0.2, -0.15) is 0 Å². The fourth-order valence-electron chi connectivity index (χ4n) is 4.33. The lowest BCUT2D eigenvalue weighted by atomic mass is 10.1. The molecule has 1 N–H and O–H groups in total. The van der Waals surface area contributed by atoms with Crippen LogP contribution in [-0.2, 0) is 17.7 Å². The Morgan fingerprint density at radius 3 is 2.56 bits per heavy atom. The molecule has 0 radical (unpaired) electrons. The van der Waals surface area contributed by atoms with Gasteiger partial charge in [-0.3, -0.25) is 14.3 Å². The Bertz CT molecular complexity index is 1310. The zero-order chi connectivity index (χ0) is 22.1. The molecule has 8 heteroatoms. The molecular formula is C24H25ClN4O3. The number of morpholine rings is 1. The molecule has 166 valence electrons. The Kier molecular flexibility index (Phi) is 5.87. The molecule has 0 spiro atoms. The van der Waals surface area contributed by atoms with Gasteiger partial charge in [0.1, 0.15) is 0 Å². The van der Waals surface area contributed by atoms with Gasteiger partial charge in [0.05, 0.1) is 29.8 Å². The molecule has 2 aromatic heterocycles. The van der Waals surface area contributed by atoms with Crippen LogP contribution in [0.2, 0.25) is 5.02 Å². The lowest BCUT2D eigenvalue weighted by Gasteiger charge is -2.26. The van der Waals surface area contributed by atoms with Gasteiger partial charge >= 0.3 is 0 Å². The fourth-order valence-corrected chi connectivity index (χ4v) is 4.45. The van der Waals surface area contributed by atoms with E-state index in [2.05, 4.69) is 9.88 Å². The summed E-state index contributed by atoms with van der Waals surface area (Å²) in [5, 5.41) is 11.8. The molecule has 0 bridgehead atoms. The number of aryl methyl sites for hydroxylation is 1. The van der Waals surface area contributed by atoms with Gasteiger partial charge in [0.2, 0.25) is 11.7 Å². The number of nitrogens with zero attached hydrogens (tertiary/aromatic N) is 4. The van der Waals surface area contributed by atoms with Crippen LogP contribution in [0, 0.1) is 0 Å². The van der Waals surface area contributed by atoms with E-state index >= 15 is 0 Å². The minimum atomic E-state index is -0.245. The summed E-state index contributed by atoms with van der Waals surface area (Å²) < 4.78 is 8.82. The predicted octanol–water partition coefficient (Wildman–Crippen LogP) is 3.32. The number of benzene rings is 2. The molecule has 0 amide bonds. The summed E-state index contributed by atoms with van der Waals surface area (Å²) in [6, 6.07) is 14.9. The Morgan fingerprint density at radius 1 is 1.03 bits per heavy atom. The molecule has 0 atom stereocenters. The number of halogens is 1. The van der Waals surface area contributed by atoms with Gasteiger partial charge in [0, 0.05) is 37.6 Å². The predicted molar refractivity (Wildman–Crippen MR) is 125 cm³/mol. The highest BCUT2D eigenvalue weighted by Crippen LogP contribution is 2.24. The van der Waals surface area contributed by atoms with E-state index in [1.807, 2.05) is 36.4 Å². The van der Waals surface area contributed by atoms with Crippen LogP contribution < -0.4 is 5.56 Å². The van der Waals surface area contributed by atoms with E-state index < -0.39 is 0 Å². The molecule has 2 aromatic carbocycles. The summed E-state index contributed by atoms with van der Waals surface area (Å²) in [7, 11) is 0. The van der Waals surface area contributed by atoms with Gasteiger partial charge in [-0.1, -0.05) is 35.9 Å². The quantitative estimate of drug-likeness (QED) is 0.486. The maximum atomic E-state index is 13.5. The van der Waals surface area contributed by atoms with E-state index in [1.165, 1.54) is 0 Å². The first-order valence-corrected chi connectivity index (χ1v) is 11.3. The Morgan fingerprint density at radius 2 is 1.78 bits per heavy atom. The third-order valence-electron chi connectivity index (χ3n) is 6.03. The third-order valence-corrected chi connectivity index (χ3v) is 6.28. The van der Waals surface area contributed by atoms with Gasteiger partial charge in [0.25, 0.3) is 5.56 Å². The van der Waals surface area contributed by atoms with Crippen molar-refractivity contribution in [1.29, 1.82) is 0 Å². The highest BCUT2D eigenvalue weighted by molar-refractivity contribution is 6.30. The van der Waals surface area contributed by atoms with Crippen LogP contribution in [0.5, 0.6) is 5.88 Å². The number of aromatic hydroxyl groups is 1. The molecule has 3 heterocycles. The van der Waals surface area contributed by atoms with Crippen molar-refractivity contribution >= 4 is 28.4 Å². The molecule has 5 rings (SSSR count). The first kappa shape index (κ1) is 21.0. The summed E-state index contributed by atoms with van der Waals surface area (Å²) in [5.74, 6) is 0.449. The van der Waals surface area contributed by atoms with Crippen LogP contribution in [0.15, 0.2) is 53.3 Å². The normalized spacial score (nSPS) is 15.0. The Labute approximate surface area is 190 Å². The lowest BCUT2D eigenvalue weighted by molar-refractivity contribution is 0.0369. The molecule has 1 fully saturated rings. The number of hydrogen-bond donors (Lipinski definition) is 1. The molecule has 0 aliphatic carbocycles. The number of ether oxygens (including phenoxy) is 1. The van der Waals surface area contributed by atoms with Crippen molar-refractivity contribution in [2.45, 2.75) is 19.4 Å². The second-order valence-corrected chi connectivity index (χ2v) is 8.54. The molecule has 0 saturated carbocycles. The van der Waals surface area contributed by atoms with Crippen LogP contribution in [0.1, 0.15) is 17.5 Å². The lowest BCUT2D eigenvalue weighted by Crippen LogP contribution is -2.37. The number of para-hydroxylation sites is 2. The number of imidazole rings is 1. The zero-order valence-electron chi connectivity index (χ0n) is 17.7. The Balaban J connectivity index is 1.57. The highest BCUT2D eigenvalue weighted by Gasteiger charge is 2.20. The second kappa shape index (κ2) is 8.94. The summed E-state index contributed by atoms with van der Waals surface area (Å²) in [6.07, 6.45) is 1.14. The topological polar surface area (TPSA) is 72.0 Å². The van der Waals surface area contributed by atoms with Crippen LogP contribution in [0.4, 0.5) is 0 Å². The van der Waals surface area contributed by atoms with Crippen molar-refractivity contribution in [1.82, 2.24) is 18.9 Å². The maximum absolute atomic E-state index is 13.5. The number of hydrogen-bond acceptors (Lipinski definition) is 5. The summed E-state index contributed by atoms with van der Waals surface area (Å²) in [4.78, 5) is 20.5. The van der Waals surface area contributed by atoms with Gasteiger partial charge < -0.3 is 9.84 Å². The molecule has 32 heavy (non-hydrogen) atoms. The van der Waals surface area contributed by atoms with Gasteiger partial charge in [-0.25, -0.2) is 9.38 Å². The van der Waals surface area contributed by atoms with E-state index in [0.717, 1.165) is 55.9 Å². The van der Waals surface area contributed by atoms with Gasteiger partial charge in [0.15, 0.2) is 0 Å². The van der Waals surface area contributed by atoms with Crippen LogP contribution in [-0.4, -0.2) is 56.8 Å². The van der Waals surface area contributed by atoms with Crippen LogP contribution in [0.25, 0.3) is 16.8 Å². The number of aromatic nitrogens is 3. The SMILES string of the molecule is O=c1c(Cc2ccc(Cl)cc2)c(O)n(CCCN2CCOCC2)c2nc3ccccc3n12. The van der Waals surface area contributed by atoms with Crippen molar-refractivity contribution in [3.8, 4) is 5.88 Å². The first-order valence-electron chi connectivity index (χ1n) is 10.9. The summed E-state index contributed by atoms with van der Waals surface area (Å²) in [5.41, 5.74) is 2.49. The molecule has 1 aliphatic heterocycles. The van der Waals surface area contributed by atoms with E-state index in [4.69, 9.17) is 16.3 Å². The van der Waals surface area contributed by atoms with Crippen molar-refractivity contribution in [3.05, 3.63) is 75.0 Å². The fraction of sp³-hybridized carbons (Fsp3) is 0.333. The molecule has 0 unspecified atom stereocenters. The van der Waals surface area contributed by atoms with Crippen LogP contribution in [0.3, 0.4) is 0 Å². The van der Waals surface area contributed by atoms with E-state index in [9.17, 15) is 9.90 Å². The van der Waals surface area contributed by atoms with Crippen molar-refractivity contribution in [2.75, 3.05) is 32.8 Å². The average Bonchev–Trinajstić information content (AvgIpc) is 3.20. The monoisotopic (exact) mass is 452 g/mol. The Hall–Kier alpha value is -2.87.